The van der Waals surface area contributed by atoms with E-state index in [1.165, 1.54) is 7.11 Å². The molecule has 0 aliphatic carbocycles. The second kappa shape index (κ2) is 10.2. The molecule has 1 unspecified atom stereocenters. The molecule has 38 heavy (non-hydrogen) atoms. The Morgan fingerprint density at radius 2 is 1.63 bits per heavy atom. The Morgan fingerprint density at radius 3 is 2.24 bits per heavy atom. The Bertz CT molecular complexity index is 1490. The van der Waals surface area contributed by atoms with E-state index < -0.39 is 6.04 Å². The largest absolute Gasteiger partial charge is 0.508 e. The maximum absolute atomic E-state index is 13.6. The highest BCUT2D eigenvalue weighted by molar-refractivity contribution is 6.06. The molecule has 0 bridgehead atoms. The Kier molecular flexibility index (Phi) is 6.61. The highest BCUT2D eigenvalue weighted by Crippen LogP contribution is 2.42. The number of phenols is 1. The lowest BCUT2D eigenvalue weighted by atomic mass is 9.95. The minimum absolute atomic E-state index is 0.121. The number of nitrogens with zero attached hydrogens (tertiary/aromatic N) is 3. The Balaban J connectivity index is 1.62. The van der Waals surface area contributed by atoms with Gasteiger partial charge in [0.05, 0.1) is 26.9 Å². The maximum atomic E-state index is 13.6. The number of methoxy groups -OCH3 is 3. The van der Waals surface area contributed by atoms with E-state index in [0.717, 1.165) is 5.56 Å². The van der Waals surface area contributed by atoms with Crippen molar-refractivity contribution in [2.24, 2.45) is 0 Å². The van der Waals surface area contributed by atoms with Gasteiger partial charge < -0.3 is 30.0 Å². The van der Waals surface area contributed by atoms with Crippen molar-refractivity contribution in [3.8, 4) is 34.4 Å². The van der Waals surface area contributed by atoms with E-state index in [2.05, 4.69) is 10.6 Å². The minimum Gasteiger partial charge on any atom is -0.508 e. The number of benzene rings is 3. The van der Waals surface area contributed by atoms with Crippen molar-refractivity contribution in [3.05, 3.63) is 83.6 Å². The number of para-hydroxylation sites is 1. The third-order valence-electron chi connectivity index (χ3n) is 6.26. The predicted octanol–water partition coefficient (Wildman–Crippen LogP) is 4.60. The number of hydrogen-bond acceptors (Lipinski definition) is 8. The highest BCUT2D eigenvalue weighted by Gasteiger charge is 2.34. The Labute approximate surface area is 219 Å². The third-order valence-corrected chi connectivity index (χ3v) is 6.26. The zero-order valence-electron chi connectivity index (χ0n) is 21.4. The fourth-order valence-electron chi connectivity index (χ4n) is 4.46. The first-order valence-corrected chi connectivity index (χ1v) is 11.8. The molecule has 3 aromatic carbocycles. The first kappa shape index (κ1) is 24.7. The number of amides is 1. The average Bonchev–Trinajstić information content (AvgIpc) is 3.36. The van der Waals surface area contributed by atoms with Crippen molar-refractivity contribution in [1.29, 1.82) is 0 Å². The summed E-state index contributed by atoms with van der Waals surface area (Å²) in [5.41, 5.74) is 3.16. The molecule has 1 aliphatic rings. The van der Waals surface area contributed by atoms with Crippen molar-refractivity contribution >= 4 is 17.5 Å². The number of fused-ring (bicyclic) bond motifs is 1. The average molecular weight is 514 g/mol. The summed E-state index contributed by atoms with van der Waals surface area (Å²) in [6, 6.07) is 18.8. The van der Waals surface area contributed by atoms with Crippen LogP contribution in [0.15, 0.2) is 78.0 Å². The molecule has 0 spiro atoms. The topological polar surface area (TPSA) is 120 Å². The molecule has 4 aromatic rings. The van der Waals surface area contributed by atoms with Gasteiger partial charge in [0.1, 0.15) is 11.8 Å². The fraction of sp³-hybridized carbons (Fsp3) is 0.179. The number of ether oxygens (including phenoxy) is 3. The van der Waals surface area contributed by atoms with Crippen LogP contribution in [0.4, 0.5) is 11.6 Å². The van der Waals surface area contributed by atoms with Gasteiger partial charge in [0.25, 0.3) is 5.91 Å². The molecule has 1 amide bonds. The van der Waals surface area contributed by atoms with Gasteiger partial charge in [-0.15, -0.1) is 5.10 Å². The van der Waals surface area contributed by atoms with Gasteiger partial charge in [0.15, 0.2) is 17.3 Å². The van der Waals surface area contributed by atoms with Gasteiger partial charge in [-0.3, -0.25) is 4.79 Å². The molecule has 3 N–H and O–H groups in total. The van der Waals surface area contributed by atoms with E-state index in [4.69, 9.17) is 24.3 Å². The standard InChI is InChI=1S/C28H27N5O5/c1-16-23(27(35)30-19-8-6-5-7-9-19)24(17-10-12-20(34)13-11-17)33-28(29-16)31-26(32-33)18-14-21(36-2)25(38-4)22(15-18)37-3/h5-15,24,34H,1-4H3,(H,30,35)(H,29,31,32). The van der Waals surface area contributed by atoms with Crippen molar-refractivity contribution in [2.75, 3.05) is 32.0 Å². The summed E-state index contributed by atoms with van der Waals surface area (Å²) in [5, 5.41) is 20.9. The third kappa shape index (κ3) is 4.47. The van der Waals surface area contributed by atoms with E-state index >= 15 is 0 Å². The maximum Gasteiger partial charge on any atom is 0.255 e. The molecular formula is C28H27N5O5. The molecule has 1 atom stereocenters. The van der Waals surface area contributed by atoms with E-state index in [-0.39, 0.29) is 11.7 Å². The van der Waals surface area contributed by atoms with Crippen molar-refractivity contribution in [3.63, 3.8) is 0 Å². The molecule has 0 radical (unpaired) electrons. The minimum atomic E-state index is -0.612. The highest BCUT2D eigenvalue weighted by atomic mass is 16.5. The van der Waals surface area contributed by atoms with Crippen LogP contribution in [0.5, 0.6) is 23.0 Å². The number of rotatable bonds is 7. The first-order valence-electron chi connectivity index (χ1n) is 11.8. The van der Waals surface area contributed by atoms with Gasteiger partial charge in [-0.2, -0.15) is 4.98 Å². The molecule has 10 heteroatoms. The summed E-state index contributed by atoms with van der Waals surface area (Å²) in [6.07, 6.45) is 0. The van der Waals surface area contributed by atoms with Gasteiger partial charge in [-0.25, -0.2) is 4.68 Å². The van der Waals surface area contributed by atoms with E-state index in [1.807, 2.05) is 37.3 Å². The van der Waals surface area contributed by atoms with E-state index in [1.54, 1.807) is 55.3 Å². The van der Waals surface area contributed by atoms with Crippen molar-refractivity contribution < 1.29 is 24.1 Å². The lowest BCUT2D eigenvalue weighted by Crippen LogP contribution is -2.31. The SMILES string of the molecule is COc1cc(-c2nc3n(n2)C(c2ccc(O)cc2)C(C(=O)Nc2ccccc2)=C(C)N3)cc(OC)c1OC. The summed E-state index contributed by atoms with van der Waals surface area (Å²) < 4.78 is 18.1. The van der Waals surface area contributed by atoms with Gasteiger partial charge in [0, 0.05) is 16.9 Å². The molecule has 10 nitrogen and oxygen atoms in total. The number of anilines is 2. The summed E-state index contributed by atoms with van der Waals surface area (Å²) in [7, 11) is 4.62. The van der Waals surface area contributed by atoms with E-state index in [9.17, 15) is 9.90 Å². The van der Waals surface area contributed by atoms with Crippen LogP contribution >= 0.6 is 0 Å². The van der Waals surface area contributed by atoms with Crippen LogP contribution in [0.3, 0.4) is 0 Å². The fourth-order valence-corrected chi connectivity index (χ4v) is 4.46. The lowest BCUT2D eigenvalue weighted by Gasteiger charge is -2.28. The second-order valence-corrected chi connectivity index (χ2v) is 8.60. The molecular weight excluding hydrogens is 486 g/mol. The van der Waals surface area contributed by atoms with E-state index in [0.29, 0.717) is 51.5 Å². The molecule has 194 valence electrons. The number of carbonyl (C=O) groups excluding carboxylic acids is 1. The molecule has 0 saturated carbocycles. The van der Waals surface area contributed by atoms with Crippen LogP contribution in [0.25, 0.3) is 11.4 Å². The Morgan fingerprint density at radius 1 is 0.974 bits per heavy atom. The number of phenolic OH excluding ortho intramolecular Hbond substituents is 1. The lowest BCUT2D eigenvalue weighted by molar-refractivity contribution is -0.113. The Hall–Kier alpha value is -4.99. The number of aromatic hydroxyl groups is 1. The van der Waals surface area contributed by atoms with Gasteiger partial charge >= 0.3 is 0 Å². The molecule has 1 aromatic heterocycles. The van der Waals surface area contributed by atoms with Gasteiger partial charge in [0.2, 0.25) is 11.7 Å². The summed E-state index contributed by atoms with van der Waals surface area (Å²) in [4.78, 5) is 18.3. The zero-order chi connectivity index (χ0) is 26.8. The smallest absolute Gasteiger partial charge is 0.255 e. The molecule has 1 aliphatic heterocycles. The monoisotopic (exact) mass is 513 g/mol. The van der Waals surface area contributed by atoms with Crippen LogP contribution in [0.1, 0.15) is 18.5 Å². The number of allylic oxidation sites excluding steroid dienone is 1. The van der Waals surface area contributed by atoms with Gasteiger partial charge in [-0.1, -0.05) is 30.3 Å². The number of aromatic nitrogens is 3. The number of hydrogen-bond donors (Lipinski definition) is 3. The zero-order valence-corrected chi connectivity index (χ0v) is 21.4. The first-order chi connectivity index (χ1) is 18.4. The second-order valence-electron chi connectivity index (χ2n) is 8.60. The van der Waals surface area contributed by atoms with Crippen LogP contribution in [0, 0.1) is 0 Å². The molecule has 0 fully saturated rings. The van der Waals surface area contributed by atoms with Crippen LogP contribution in [-0.4, -0.2) is 47.1 Å². The van der Waals surface area contributed by atoms with Crippen molar-refractivity contribution in [1.82, 2.24) is 14.8 Å². The number of carbonyl (C=O) groups is 1. The predicted molar refractivity (Wildman–Crippen MR) is 143 cm³/mol. The summed E-state index contributed by atoms with van der Waals surface area (Å²) in [6.45, 7) is 1.82. The number of nitrogens with one attached hydrogen (secondary N) is 2. The summed E-state index contributed by atoms with van der Waals surface area (Å²) >= 11 is 0. The quantitative estimate of drug-likeness (QED) is 0.328. The van der Waals surface area contributed by atoms with Gasteiger partial charge in [-0.05, 0) is 48.9 Å². The molecule has 2 heterocycles. The van der Waals surface area contributed by atoms with Crippen LogP contribution < -0.4 is 24.8 Å². The molecule has 0 saturated heterocycles. The van der Waals surface area contributed by atoms with Crippen molar-refractivity contribution in [2.45, 2.75) is 13.0 Å². The summed E-state index contributed by atoms with van der Waals surface area (Å²) in [5.74, 6) is 2.09. The van der Waals surface area contributed by atoms with Crippen LogP contribution in [0.2, 0.25) is 0 Å². The normalized spacial score (nSPS) is 14.4. The van der Waals surface area contributed by atoms with Crippen LogP contribution in [-0.2, 0) is 4.79 Å². The molecule has 5 rings (SSSR count).